The molecule has 1 fully saturated rings. The monoisotopic (exact) mass is 556 g/mol. The highest BCUT2D eigenvalue weighted by Crippen LogP contribution is 2.32. The molecule has 9 nitrogen and oxygen atoms in total. The highest BCUT2D eigenvalue weighted by atomic mass is 32.2. The standard InChI is InChI=1S/C27H36N6O3S2/c1-5-32(6-2)38(35,36)22-15-16-24(31-17-11-8-12-18-31)23(19-22)28-27(37)29-25-20(3)30(4)33(26(25)34)21-13-9-7-10-14-21/h7,9-10,13-16,19H,5-6,8,11-12,17-18H2,1-4H3,(H2,28,29,37). The number of rotatable bonds is 8. The number of nitrogens with zero attached hydrogens (tertiary/aromatic N) is 4. The van der Waals surface area contributed by atoms with Crippen LogP contribution in [0.4, 0.5) is 17.1 Å². The molecule has 1 saturated heterocycles. The van der Waals surface area contributed by atoms with Crippen molar-refractivity contribution >= 4 is 44.4 Å². The molecule has 2 heterocycles. The van der Waals surface area contributed by atoms with Gasteiger partial charge >= 0.3 is 0 Å². The number of piperidine rings is 1. The van der Waals surface area contributed by atoms with E-state index in [1.807, 2.05) is 64.2 Å². The molecule has 0 unspecified atom stereocenters. The molecule has 0 radical (unpaired) electrons. The molecule has 11 heteroatoms. The Morgan fingerprint density at radius 2 is 1.66 bits per heavy atom. The summed E-state index contributed by atoms with van der Waals surface area (Å²) < 4.78 is 31.3. The van der Waals surface area contributed by atoms with Gasteiger partial charge in [-0.05, 0) is 68.7 Å². The number of hydrogen-bond donors (Lipinski definition) is 2. The lowest BCUT2D eigenvalue weighted by Gasteiger charge is -2.31. The fourth-order valence-corrected chi connectivity index (χ4v) is 6.58. The molecule has 1 aromatic heterocycles. The van der Waals surface area contributed by atoms with Crippen LogP contribution in [0.15, 0.2) is 58.2 Å². The molecule has 4 rings (SSSR count). The number of aromatic nitrogens is 2. The van der Waals surface area contributed by atoms with Crippen molar-refractivity contribution in [1.29, 1.82) is 0 Å². The van der Waals surface area contributed by atoms with Gasteiger partial charge in [-0.3, -0.25) is 9.48 Å². The first-order valence-electron chi connectivity index (χ1n) is 13.0. The topological polar surface area (TPSA) is 91.6 Å². The Hall–Kier alpha value is -3.15. The van der Waals surface area contributed by atoms with Gasteiger partial charge in [0, 0.05) is 33.2 Å². The van der Waals surface area contributed by atoms with Crippen LogP contribution in [0.25, 0.3) is 5.69 Å². The van der Waals surface area contributed by atoms with Gasteiger partial charge in [-0.2, -0.15) is 4.31 Å². The fraction of sp³-hybridized carbons (Fsp3) is 0.407. The highest BCUT2D eigenvalue weighted by molar-refractivity contribution is 7.89. The maximum Gasteiger partial charge on any atom is 0.295 e. The summed E-state index contributed by atoms with van der Waals surface area (Å²) in [4.78, 5) is 15.8. The normalized spacial score (nSPS) is 14.1. The number of hydrogen-bond acceptors (Lipinski definition) is 5. The van der Waals surface area contributed by atoms with E-state index in [0.717, 1.165) is 43.0 Å². The van der Waals surface area contributed by atoms with E-state index in [0.29, 0.717) is 24.5 Å². The Kier molecular flexibility index (Phi) is 8.59. The molecule has 1 aliphatic heterocycles. The maximum absolute atomic E-state index is 13.3. The Balaban J connectivity index is 1.68. The number of para-hydroxylation sites is 1. The number of anilines is 3. The second-order valence-corrected chi connectivity index (χ2v) is 11.7. The smallest absolute Gasteiger partial charge is 0.295 e. The molecule has 0 amide bonds. The first-order valence-corrected chi connectivity index (χ1v) is 14.8. The van der Waals surface area contributed by atoms with E-state index in [-0.39, 0.29) is 15.6 Å². The second-order valence-electron chi connectivity index (χ2n) is 9.33. The molecule has 0 atom stereocenters. The molecular weight excluding hydrogens is 520 g/mol. The van der Waals surface area contributed by atoms with Gasteiger partial charge in [-0.15, -0.1) is 0 Å². The summed E-state index contributed by atoms with van der Waals surface area (Å²) in [6.45, 7) is 8.04. The molecule has 2 N–H and O–H groups in total. The molecule has 204 valence electrons. The third-order valence-corrected chi connectivity index (χ3v) is 9.30. The molecule has 0 aliphatic carbocycles. The van der Waals surface area contributed by atoms with Crippen molar-refractivity contribution in [3.8, 4) is 5.69 Å². The summed E-state index contributed by atoms with van der Waals surface area (Å²) in [5.74, 6) is 0. The van der Waals surface area contributed by atoms with Crippen LogP contribution >= 0.6 is 12.2 Å². The van der Waals surface area contributed by atoms with Crippen LogP contribution in [-0.2, 0) is 17.1 Å². The van der Waals surface area contributed by atoms with E-state index in [4.69, 9.17) is 12.2 Å². The van der Waals surface area contributed by atoms with Gasteiger partial charge < -0.3 is 15.5 Å². The van der Waals surface area contributed by atoms with Crippen LogP contribution in [-0.4, -0.2) is 53.4 Å². The number of nitrogens with one attached hydrogen (secondary N) is 2. The average molecular weight is 557 g/mol. The molecule has 0 bridgehead atoms. The van der Waals surface area contributed by atoms with Crippen molar-refractivity contribution in [1.82, 2.24) is 13.7 Å². The van der Waals surface area contributed by atoms with Crippen LogP contribution in [0.5, 0.6) is 0 Å². The van der Waals surface area contributed by atoms with E-state index < -0.39 is 10.0 Å². The molecule has 2 aromatic carbocycles. The van der Waals surface area contributed by atoms with E-state index in [1.54, 1.807) is 21.5 Å². The SMILES string of the molecule is CCN(CC)S(=O)(=O)c1ccc(N2CCCCC2)c(NC(=S)Nc2c(C)n(C)n(-c3ccccc3)c2=O)c1. The zero-order valence-corrected chi connectivity index (χ0v) is 24.0. The second kappa shape index (κ2) is 11.7. The van der Waals surface area contributed by atoms with Crippen molar-refractivity contribution in [2.45, 2.75) is 44.9 Å². The minimum absolute atomic E-state index is 0.203. The number of thiocarbonyl (C=S) groups is 1. The fourth-order valence-electron chi connectivity index (χ4n) is 4.88. The largest absolute Gasteiger partial charge is 0.370 e. The molecule has 3 aromatic rings. The van der Waals surface area contributed by atoms with Gasteiger partial charge in [0.2, 0.25) is 10.0 Å². The molecule has 0 saturated carbocycles. The van der Waals surface area contributed by atoms with Crippen LogP contribution in [0.3, 0.4) is 0 Å². The van der Waals surface area contributed by atoms with E-state index in [1.165, 1.54) is 10.7 Å². The van der Waals surface area contributed by atoms with Gasteiger partial charge in [0.05, 0.1) is 27.7 Å². The maximum atomic E-state index is 13.3. The van der Waals surface area contributed by atoms with Gasteiger partial charge in [0.25, 0.3) is 5.56 Å². The third kappa shape index (κ3) is 5.50. The first kappa shape index (κ1) is 27.9. The van der Waals surface area contributed by atoms with Crippen molar-refractivity contribution < 1.29 is 8.42 Å². The van der Waals surface area contributed by atoms with Crippen LogP contribution in [0, 0.1) is 6.92 Å². The van der Waals surface area contributed by atoms with Crippen LogP contribution < -0.4 is 21.1 Å². The Bertz CT molecular complexity index is 1450. The minimum Gasteiger partial charge on any atom is -0.370 e. The Labute approximate surface area is 230 Å². The number of sulfonamides is 1. The minimum atomic E-state index is -3.66. The van der Waals surface area contributed by atoms with Gasteiger partial charge in [0.15, 0.2) is 5.11 Å². The summed E-state index contributed by atoms with van der Waals surface area (Å²) in [6, 6.07) is 14.6. The van der Waals surface area contributed by atoms with Crippen molar-refractivity contribution in [3.05, 3.63) is 64.6 Å². The van der Waals surface area contributed by atoms with Crippen molar-refractivity contribution in [3.63, 3.8) is 0 Å². The molecular formula is C27H36N6O3S2. The van der Waals surface area contributed by atoms with Crippen molar-refractivity contribution in [2.75, 3.05) is 41.7 Å². The van der Waals surface area contributed by atoms with Gasteiger partial charge in [0.1, 0.15) is 5.69 Å². The van der Waals surface area contributed by atoms with Crippen LogP contribution in [0.1, 0.15) is 38.8 Å². The van der Waals surface area contributed by atoms with Gasteiger partial charge in [-0.1, -0.05) is 32.0 Å². The summed E-state index contributed by atoms with van der Waals surface area (Å²) >= 11 is 5.64. The Morgan fingerprint density at radius 1 is 1.00 bits per heavy atom. The highest BCUT2D eigenvalue weighted by Gasteiger charge is 2.25. The molecule has 0 spiro atoms. The quantitative estimate of drug-likeness (QED) is 0.400. The lowest BCUT2D eigenvalue weighted by atomic mass is 10.1. The zero-order valence-electron chi connectivity index (χ0n) is 22.4. The van der Waals surface area contributed by atoms with Crippen LogP contribution in [0.2, 0.25) is 0 Å². The first-order chi connectivity index (χ1) is 18.2. The predicted molar refractivity (Wildman–Crippen MR) is 158 cm³/mol. The lowest BCUT2D eigenvalue weighted by molar-refractivity contribution is 0.445. The van der Waals surface area contributed by atoms with E-state index in [2.05, 4.69) is 15.5 Å². The molecule has 38 heavy (non-hydrogen) atoms. The molecule has 1 aliphatic rings. The summed E-state index contributed by atoms with van der Waals surface area (Å²) in [5.41, 5.74) is 3.08. The van der Waals surface area contributed by atoms with E-state index in [9.17, 15) is 13.2 Å². The Morgan fingerprint density at radius 3 is 2.29 bits per heavy atom. The summed E-state index contributed by atoms with van der Waals surface area (Å²) in [6.07, 6.45) is 3.32. The number of benzene rings is 2. The van der Waals surface area contributed by atoms with Crippen molar-refractivity contribution in [2.24, 2.45) is 7.05 Å². The zero-order chi connectivity index (χ0) is 27.4. The van der Waals surface area contributed by atoms with Gasteiger partial charge in [-0.25, -0.2) is 13.1 Å². The third-order valence-electron chi connectivity index (χ3n) is 7.05. The summed E-state index contributed by atoms with van der Waals surface area (Å²) in [5, 5.41) is 6.50. The van der Waals surface area contributed by atoms with E-state index >= 15 is 0 Å². The summed E-state index contributed by atoms with van der Waals surface area (Å²) in [7, 11) is -1.84. The lowest BCUT2D eigenvalue weighted by Crippen LogP contribution is -2.32. The predicted octanol–water partition coefficient (Wildman–Crippen LogP) is 4.31. The average Bonchev–Trinajstić information content (AvgIpc) is 3.13.